The molecule has 1 amide bonds. The van der Waals surface area contributed by atoms with Crippen molar-refractivity contribution in [2.24, 2.45) is 5.92 Å². The van der Waals surface area contributed by atoms with Crippen LogP contribution in [0.25, 0.3) is 0 Å². The number of aliphatic hydroxyl groups is 1. The van der Waals surface area contributed by atoms with Gasteiger partial charge in [-0.25, -0.2) is 4.98 Å². The van der Waals surface area contributed by atoms with Crippen molar-refractivity contribution in [2.75, 3.05) is 6.54 Å². The van der Waals surface area contributed by atoms with Crippen LogP contribution in [0.4, 0.5) is 13.2 Å². The molecule has 2 aromatic heterocycles. The molecule has 3 heterocycles. The number of aryl methyl sites for hydroxylation is 2. The van der Waals surface area contributed by atoms with E-state index in [1.54, 1.807) is 26.8 Å². The molecule has 0 unspecified atom stereocenters. The standard InChI is InChI=1S/C18H22F3N3O3/c1-10-6-14(11(2)27-10)17(3,26)9-23-15(25)12-4-5-24-13(7-12)8-22-16(24)18(19,20)21/h6,8,12,26H,4-5,7,9H2,1-3H3,(H,23,25)/t12-,17-/m1/s1. The number of halogens is 3. The second-order valence-corrected chi connectivity index (χ2v) is 7.23. The first-order chi connectivity index (χ1) is 12.5. The van der Waals surface area contributed by atoms with Crippen LogP contribution < -0.4 is 5.32 Å². The predicted octanol–water partition coefficient (Wildman–Crippen LogP) is 2.70. The lowest BCUT2D eigenvalue weighted by Crippen LogP contribution is -2.43. The number of nitrogens with zero attached hydrogens (tertiary/aromatic N) is 2. The minimum Gasteiger partial charge on any atom is -0.466 e. The Labute approximate surface area is 154 Å². The van der Waals surface area contributed by atoms with Crippen molar-refractivity contribution in [2.45, 2.75) is 51.9 Å². The smallest absolute Gasteiger partial charge is 0.449 e. The van der Waals surface area contributed by atoms with Crippen molar-refractivity contribution in [1.29, 1.82) is 0 Å². The molecule has 2 aromatic rings. The Bertz CT molecular complexity index is 852. The van der Waals surface area contributed by atoms with Crippen LogP contribution in [-0.4, -0.2) is 27.1 Å². The van der Waals surface area contributed by atoms with Crippen LogP contribution in [0.1, 0.15) is 41.9 Å². The highest BCUT2D eigenvalue weighted by atomic mass is 19.4. The van der Waals surface area contributed by atoms with E-state index in [2.05, 4.69) is 10.3 Å². The normalized spacial score (nSPS) is 19.4. The minimum atomic E-state index is -4.51. The first kappa shape index (κ1) is 19.5. The first-order valence-electron chi connectivity index (χ1n) is 8.68. The van der Waals surface area contributed by atoms with Gasteiger partial charge in [0.25, 0.3) is 0 Å². The molecule has 1 aliphatic rings. The van der Waals surface area contributed by atoms with Crippen molar-refractivity contribution < 1.29 is 27.5 Å². The lowest BCUT2D eigenvalue weighted by Gasteiger charge is -2.27. The van der Waals surface area contributed by atoms with Gasteiger partial charge in [0, 0.05) is 36.3 Å². The van der Waals surface area contributed by atoms with E-state index in [1.807, 2.05) is 0 Å². The van der Waals surface area contributed by atoms with E-state index in [-0.39, 0.29) is 31.8 Å². The second kappa shape index (κ2) is 6.70. The van der Waals surface area contributed by atoms with Gasteiger partial charge in [0.2, 0.25) is 11.7 Å². The van der Waals surface area contributed by atoms with Crippen molar-refractivity contribution in [3.8, 4) is 0 Å². The molecule has 0 saturated heterocycles. The molecule has 3 rings (SSSR count). The number of aromatic nitrogens is 2. The van der Waals surface area contributed by atoms with Gasteiger partial charge in [0.05, 0.1) is 6.54 Å². The van der Waals surface area contributed by atoms with E-state index in [4.69, 9.17) is 4.42 Å². The molecule has 1 aliphatic heterocycles. The Morgan fingerprint density at radius 2 is 2.15 bits per heavy atom. The maximum Gasteiger partial charge on any atom is 0.449 e. The Kier molecular flexibility index (Phi) is 4.83. The van der Waals surface area contributed by atoms with Gasteiger partial charge in [0.15, 0.2) is 0 Å². The molecular formula is C18H22F3N3O3. The predicted molar refractivity (Wildman–Crippen MR) is 89.8 cm³/mol. The minimum absolute atomic E-state index is 0.0186. The number of carbonyl (C=O) groups excluding carboxylic acids is 1. The fourth-order valence-electron chi connectivity index (χ4n) is 3.58. The molecule has 148 valence electrons. The van der Waals surface area contributed by atoms with Crippen LogP contribution in [-0.2, 0) is 29.5 Å². The van der Waals surface area contributed by atoms with Gasteiger partial charge in [-0.15, -0.1) is 0 Å². The zero-order valence-corrected chi connectivity index (χ0v) is 15.4. The summed E-state index contributed by atoms with van der Waals surface area (Å²) in [5.41, 5.74) is -0.323. The summed E-state index contributed by atoms with van der Waals surface area (Å²) in [5, 5.41) is 13.4. The first-order valence-corrected chi connectivity index (χ1v) is 8.68. The summed E-state index contributed by atoms with van der Waals surface area (Å²) in [6.45, 7) is 5.15. The van der Waals surface area contributed by atoms with Crippen molar-refractivity contribution in [3.05, 3.63) is 40.9 Å². The van der Waals surface area contributed by atoms with E-state index in [1.165, 1.54) is 6.20 Å². The van der Waals surface area contributed by atoms with Gasteiger partial charge < -0.3 is 19.4 Å². The van der Waals surface area contributed by atoms with Crippen LogP contribution in [0.15, 0.2) is 16.7 Å². The molecule has 0 bridgehead atoms. The summed E-state index contributed by atoms with van der Waals surface area (Å²) in [6.07, 6.45) is -2.87. The second-order valence-electron chi connectivity index (χ2n) is 7.23. The van der Waals surface area contributed by atoms with Gasteiger partial charge in [-0.2, -0.15) is 13.2 Å². The molecule has 2 N–H and O–H groups in total. The third-order valence-corrected chi connectivity index (χ3v) is 4.95. The monoisotopic (exact) mass is 385 g/mol. The number of imidazole rings is 1. The van der Waals surface area contributed by atoms with Crippen molar-refractivity contribution >= 4 is 5.91 Å². The Hall–Kier alpha value is -2.29. The molecule has 0 aliphatic carbocycles. The molecule has 0 saturated carbocycles. The highest BCUT2D eigenvalue weighted by molar-refractivity contribution is 5.79. The quantitative estimate of drug-likeness (QED) is 0.848. The van der Waals surface area contributed by atoms with E-state index < -0.39 is 23.5 Å². The summed E-state index contributed by atoms with van der Waals surface area (Å²) >= 11 is 0. The number of furan rings is 1. The van der Waals surface area contributed by atoms with Crippen LogP contribution in [0.5, 0.6) is 0 Å². The number of hydrogen-bond acceptors (Lipinski definition) is 4. The summed E-state index contributed by atoms with van der Waals surface area (Å²) in [5.74, 6) is -0.444. The highest BCUT2D eigenvalue weighted by Gasteiger charge is 2.39. The van der Waals surface area contributed by atoms with Crippen LogP contribution in [0.3, 0.4) is 0 Å². The molecular weight excluding hydrogens is 363 g/mol. The Morgan fingerprint density at radius 1 is 1.44 bits per heavy atom. The average Bonchev–Trinajstić information content (AvgIpc) is 3.14. The van der Waals surface area contributed by atoms with Gasteiger partial charge in [-0.3, -0.25) is 4.79 Å². The zero-order chi connectivity index (χ0) is 20.0. The highest BCUT2D eigenvalue weighted by Crippen LogP contribution is 2.32. The summed E-state index contributed by atoms with van der Waals surface area (Å²) in [4.78, 5) is 15.9. The van der Waals surface area contributed by atoms with E-state index in [0.717, 1.165) is 4.57 Å². The fourth-order valence-corrected chi connectivity index (χ4v) is 3.58. The SMILES string of the molecule is Cc1cc([C@](C)(O)CNC(=O)[C@@H]2CCn3c(cnc3C(F)(F)F)C2)c(C)o1. The summed E-state index contributed by atoms with van der Waals surface area (Å²) in [7, 11) is 0. The van der Waals surface area contributed by atoms with E-state index >= 15 is 0 Å². The average molecular weight is 385 g/mol. The number of rotatable bonds is 4. The van der Waals surface area contributed by atoms with Gasteiger partial charge in [-0.1, -0.05) is 0 Å². The third kappa shape index (κ3) is 3.87. The number of amides is 1. The van der Waals surface area contributed by atoms with Crippen LogP contribution in [0, 0.1) is 19.8 Å². The lowest BCUT2D eigenvalue weighted by atomic mass is 9.93. The van der Waals surface area contributed by atoms with Crippen LogP contribution in [0.2, 0.25) is 0 Å². The lowest BCUT2D eigenvalue weighted by molar-refractivity contribution is -0.147. The van der Waals surface area contributed by atoms with E-state index in [0.29, 0.717) is 22.8 Å². The molecule has 0 radical (unpaired) electrons. The number of nitrogens with one attached hydrogen (secondary N) is 1. The summed E-state index contributed by atoms with van der Waals surface area (Å²) < 4.78 is 45.3. The van der Waals surface area contributed by atoms with Crippen molar-refractivity contribution in [1.82, 2.24) is 14.9 Å². The Balaban J connectivity index is 1.64. The Morgan fingerprint density at radius 3 is 2.74 bits per heavy atom. The maximum atomic E-state index is 12.9. The molecule has 2 atom stereocenters. The number of hydrogen-bond donors (Lipinski definition) is 2. The third-order valence-electron chi connectivity index (χ3n) is 4.95. The molecule has 9 heteroatoms. The van der Waals surface area contributed by atoms with Gasteiger partial charge >= 0.3 is 6.18 Å². The van der Waals surface area contributed by atoms with E-state index in [9.17, 15) is 23.1 Å². The van der Waals surface area contributed by atoms with Gasteiger partial charge in [0.1, 0.15) is 17.1 Å². The maximum absolute atomic E-state index is 12.9. The largest absolute Gasteiger partial charge is 0.466 e. The number of fused-ring (bicyclic) bond motifs is 1. The molecule has 6 nitrogen and oxygen atoms in total. The van der Waals surface area contributed by atoms with Crippen LogP contribution >= 0.6 is 0 Å². The summed E-state index contributed by atoms with van der Waals surface area (Å²) in [6, 6.07) is 1.72. The topological polar surface area (TPSA) is 80.3 Å². The van der Waals surface area contributed by atoms with Gasteiger partial charge in [-0.05, 0) is 33.3 Å². The molecule has 27 heavy (non-hydrogen) atoms. The number of alkyl halides is 3. The zero-order valence-electron chi connectivity index (χ0n) is 15.4. The number of carbonyl (C=O) groups is 1. The van der Waals surface area contributed by atoms with Crippen molar-refractivity contribution in [3.63, 3.8) is 0 Å². The molecule has 0 aromatic carbocycles. The fraction of sp³-hybridized carbons (Fsp3) is 0.556. The molecule has 0 spiro atoms. The molecule has 0 fully saturated rings.